The zero-order valence-electron chi connectivity index (χ0n) is 5.59. The van der Waals surface area contributed by atoms with E-state index in [1.165, 1.54) is 18.6 Å². The Morgan fingerprint density at radius 2 is 2.86 bits per heavy atom. The maximum atomic E-state index is 8.65. The maximum absolute atomic E-state index is 8.65. The first kappa shape index (κ1) is 2.52. The second-order valence-electron chi connectivity index (χ2n) is 1.12. The van der Waals surface area contributed by atoms with E-state index in [-0.39, 0.29) is 5.56 Å². The fourth-order valence-corrected chi connectivity index (χ4v) is 0.328. The summed E-state index contributed by atoms with van der Waals surface area (Å²) in [6, 6.07) is 1.38. The molecular weight excluding hydrogens is 92.1 g/mol. The van der Waals surface area contributed by atoms with Gasteiger partial charge in [0.25, 0.3) is 0 Å². The minimum absolute atomic E-state index is 0.141. The average molecular weight is 100 g/mol. The van der Waals surface area contributed by atoms with Crippen LogP contribution in [0, 0.1) is 0 Å². The molecule has 0 aliphatic heterocycles. The highest BCUT2D eigenvalue weighted by atomic mass is 16.3. The predicted octanol–water partition coefficient (Wildman–Crippen LogP) is 0.772. The molecular formula is C5H6O2. The molecule has 1 rings (SSSR count). The van der Waals surface area contributed by atoms with Crippen molar-refractivity contribution in [1.82, 2.24) is 0 Å². The van der Waals surface area contributed by atoms with Crippen molar-refractivity contribution in [2.24, 2.45) is 0 Å². The Morgan fingerprint density at radius 3 is 3.14 bits per heavy atom. The second kappa shape index (κ2) is 1.80. The third-order valence-corrected chi connectivity index (χ3v) is 0.650. The molecule has 0 bridgehead atoms. The van der Waals surface area contributed by atoms with Crippen molar-refractivity contribution < 1.29 is 12.3 Å². The summed E-state index contributed by atoms with van der Waals surface area (Å²) in [6.45, 7) is -2.27. The van der Waals surface area contributed by atoms with Crippen molar-refractivity contribution in [2.75, 3.05) is 0 Å². The molecule has 2 nitrogen and oxygen atoms in total. The first-order chi connectivity index (χ1) is 4.11. The first-order valence-corrected chi connectivity index (χ1v) is 1.86. The molecule has 0 saturated carbocycles. The summed E-state index contributed by atoms with van der Waals surface area (Å²) in [4.78, 5) is 0. The van der Waals surface area contributed by atoms with E-state index in [2.05, 4.69) is 4.42 Å². The van der Waals surface area contributed by atoms with Gasteiger partial charge in [-0.05, 0) is 6.07 Å². The summed E-state index contributed by atoms with van der Waals surface area (Å²) >= 11 is 0. The summed E-state index contributed by atoms with van der Waals surface area (Å²) in [5.74, 6) is 0. The van der Waals surface area contributed by atoms with Crippen molar-refractivity contribution in [1.29, 1.82) is 0 Å². The van der Waals surface area contributed by atoms with Gasteiger partial charge in [-0.1, -0.05) is 0 Å². The highest BCUT2D eigenvalue weighted by Gasteiger charge is 1.85. The summed E-state index contributed by atoms with van der Waals surface area (Å²) < 4.78 is 18.0. The molecule has 0 saturated heterocycles. The van der Waals surface area contributed by atoms with Gasteiger partial charge in [0.2, 0.25) is 0 Å². The maximum Gasteiger partial charge on any atom is 0.0957 e. The van der Waals surface area contributed by atoms with Gasteiger partial charge in [0.1, 0.15) is 0 Å². The van der Waals surface area contributed by atoms with Gasteiger partial charge < -0.3 is 9.52 Å². The fourth-order valence-electron chi connectivity index (χ4n) is 0.328. The lowest BCUT2D eigenvalue weighted by Crippen LogP contribution is -1.72. The molecule has 0 aliphatic rings. The van der Waals surface area contributed by atoms with Crippen molar-refractivity contribution in [3.63, 3.8) is 0 Å². The van der Waals surface area contributed by atoms with Crippen molar-refractivity contribution >= 4 is 0 Å². The lowest BCUT2D eigenvalue weighted by atomic mass is 10.4. The standard InChI is InChI=1S/C5H6O2/c6-3-5-1-2-7-4-5/h1-2,4,6H,3H2/i3D2. The molecule has 7 heavy (non-hydrogen) atoms. The van der Waals surface area contributed by atoms with Crippen LogP contribution in [0.2, 0.25) is 0 Å². The van der Waals surface area contributed by atoms with Crippen LogP contribution in [0.1, 0.15) is 8.30 Å². The van der Waals surface area contributed by atoms with E-state index >= 15 is 0 Å². The molecule has 2 heteroatoms. The molecule has 0 aliphatic carbocycles. The third-order valence-electron chi connectivity index (χ3n) is 0.650. The smallest absolute Gasteiger partial charge is 0.0957 e. The van der Waals surface area contributed by atoms with Crippen LogP contribution < -0.4 is 0 Å². The van der Waals surface area contributed by atoms with Crippen LogP contribution in [0.25, 0.3) is 0 Å². The fraction of sp³-hybridized carbons (Fsp3) is 0.200. The minimum atomic E-state index is -2.27. The number of aliphatic hydroxyl groups is 1. The lowest BCUT2D eigenvalue weighted by molar-refractivity contribution is 0.280. The Balaban J connectivity index is 2.90. The van der Waals surface area contributed by atoms with Gasteiger partial charge >= 0.3 is 0 Å². The quantitative estimate of drug-likeness (QED) is 0.565. The predicted molar refractivity (Wildman–Crippen MR) is 24.6 cm³/mol. The summed E-state index contributed by atoms with van der Waals surface area (Å²) in [5, 5.41) is 8.65. The molecule has 0 atom stereocenters. The summed E-state index contributed by atoms with van der Waals surface area (Å²) in [5.41, 5.74) is 0.141. The number of rotatable bonds is 1. The molecule has 1 aromatic heterocycles. The van der Waals surface area contributed by atoms with Gasteiger partial charge in [0.15, 0.2) is 0 Å². The summed E-state index contributed by atoms with van der Waals surface area (Å²) in [6.07, 6.45) is 2.48. The van der Waals surface area contributed by atoms with Crippen molar-refractivity contribution in [3.8, 4) is 0 Å². The molecule has 1 N–H and O–H groups in total. The van der Waals surface area contributed by atoms with Crippen molar-refractivity contribution in [3.05, 3.63) is 24.2 Å². The SMILES string of the molecule is [2H]C([2H])(O)c1ccoc1. The van der Waals surface area contributed by atoms with Gasteiger partial charge in [-0.15, -0.1) is 0 Å². The Morgan fingerprint density at radius 1 is 2.00 bits per heavy atom. The van der Waals surface area contributed by atoms with E-state index in [4.69, 9.17) is 7.85 Å². The zero-order valence-corrected chi connectivity index (χ0v) is 3.59. The Labute approximate surface area is 44.2 Å². The molecule has 0 spiro atoms. The van der Waals surface area contributed by atoms with Gasteiger partial charge in [-0.25, -0.2) is 0 Å². The van der Waals surface area contributed by atoms with Gasteiger partial charge in [-0.2, -0.15) is 0 Å². The third kappa shape index (κ3) is 0.810. The monoisotopic (exact) mass is 100 g/mol. The van der Waals surface area contributed by atoms with E-state index in [9.17, 15) is 0 Å². The lowest BCUT2D eigenvalue weighted by Gasteiger charge is -1.77. The molecule has 0 amide bonds. The van der Waals surface area contributed by atoms with Crippen LogP contribution in [0.15, 0.2) is 23.0 Å². The van der Waals surface area contributed by atoms with Crippen LogP contribution in [0.3, 0.4) is 0 Å². The molecule has 38 valence electrons. The number of hydrogen-bond donors (Lipinski definition) is 1. The van der Waals surface area contributed by atoms with Crippen LogP contribution in [-0.4, -0.2) is 5.11 Å². The van der Waals surface area contributed by atoms with Crippen LogP contribution in [0.5, 0.6) is 0 Å². The zero-order chi connectivity index (χ0) is 6.91. The highest BCUT2D eigenvalue weighted by molar-refractivity contribution is 5.02. The topological polar surface area (TPSA) is 33.4 Å². The summed E-state index contributed by atoms with van der Waals surface area (Å²) in [7, 11) is 0. The molecule has 1 heterocycles. The average Bonchev–Trinajstić information content (AvgIpc) is 2.08. The van der Waals surface area contributed by atoms with Crippen LogP contribution >= 0.6 is 0 Å². The largest absolute Gasteiger partial charge is 0.472 e. The van der Waals surface area contributed by atoms with E-state index < -0.39 is 6.56 Å². The van der Waals surface area contributed by atoms with Crippen molar-refractivity contribution in [2.45, 2.75) is 6.56 Å². The molecule has 0 aromatic carbocycles. The van der Waals surface area contributed by atoms with Crippen LogP contribution in [0.4, 0.5) is 0 Å². The Hall–Kier alpha value is -0.760. The van der Waals surface area contributed by atoms with E-state index in [0.717, 1.165) is 0 Å². The highest BCUT2D eigenvalue weighted by Crippen LogP contribution is 1.96. The molecule has 0 fully saturated rings. The normalized spacial score (nSPS) is 15.6. The van der Waals surface area contributed by atoms with Gasteiger partial charge in [-0.3, -0.25) is 0 Å². The minimum Gasteiger partial charge on any atom is -0.472 e. The van der Waals surface area contributed by atoms with E-state index in [0.29, 0.717) is 0 Å². The first-order valence-electron chi connectivity index (χ1n) is 2.86. The number of hydrogen-bond acceptors (Lipinski definition) is 2. The second-order valence-corrected chi connectivity index (χ2v) is 1.12. The van der Waals surface area contributed by atoms with E-state index in [1.807, 2.05) is 0 Å². The Bertz CT molecular complexity index is 175. The molecule has 0 unspecified atom stereocenters. The number of furan rings is 1. The van der Waals surface area contributed by atoms with Gasteiger partial charge in [0, 0.05) is 5.56 Å². The van der Waals surface area contributed by atoms with Crippen LogP contribution in [-0.2, 0) is 6.56 Å². The van der Waals surface area contributed by atoms with E-state index in [1.54, 1.807) is 0 Å². The molecule has 1 aromatic rings. The molecule has 0 radical (unpaired) electrons. The van der Waals surface area contributed by atoms with Gasteiger partial charge in [0.05, 0.1) is 21.8 Å². The Kier molecular flexibility index (Phi) is 0.648.